The van der Waals surface area contributed by atoms with Crippen molar-refractivity contribution in [3.05, 3.63) is 50.6 Å². The summed E-state index contributed by atoms with van der Waals surface area (Å²) in [6.07, 6.45) is -0.000417. The van der Waals surface area contributed by atoms with Crippen LogP contribution in [0.15, 0.2) is 40.2 Å². The van der Waals surface area contributed by atoms with Crippen LogP contribution in [0.5, 0.6) is 5.75 Å². The van der Waals surface area contributed by atoms with Gasteiger partial charge in [0.25, 0.3) is 0 Å². The molecule has 0 aliphatic carbocycles. The Morgan fingerprint density at radius 3 is 2.75 bits per heavy atom. The molecule has 84 valence electrons. The average molecular weight is 299 g/mol. The quantitative estimate of drug-likeness (QED) is 0.910. The number of aliphatic hydroxyl groups is 1. The molecule has 1 unspecified atom stereocenters. The topological polar surface area (TPSA) is 40.5 Å². The van der Waals surface area contributed by atoms with Gasteiger partial charge >= 0.3 is 0 Å². The van der Waals surface area contributed by atoms with Gasteiger partial charge in [0.05, 0.1) is 6.10 Å². The number of aromatic hydroxyl groups is 1. The fraction of sp³-hybridized carbons (Fsp3) is 0.167. The van der Waals surface area contributed by atoms with Crippen LogP contribution in [0.2, 0.25) is 0 Å². The fourth-order valence-electron chi connectivity index (χ4n) is 1.51. The average Bonchev–Trinajstić information content (AvgIpc) is 2.65. The number of halogens is 1. The third-order valence-corrected chi connectivity index (χ3v) is 4.05. The Labute approximate surface area is 106 Å². The lowest BCUT2D eigenvalue weighted by Crippen LogP contribution is -1.99. The number of hydrogen-bond acceptors (Lipinski definition) is 3. The molecule has 0 radical (unpaired) electrons. The Balaban J connectivity index is 2.10. The van der Waals surface area contributed by atoms with Gasteiger partial charge in [0.1, 0.15) is 5.75 Å². The summed E-state index contributed by atoms with van der Waals surface area (Å²) in [6.45, 7) is 0. The van der Waals surface area contributed by atoms with Gasteiger partial charge in [-0.15, -0.1) is 11.3 Å². The molecule has 0 bridgehead atoms. The monoisotopic (exact) mass is 298 g/mol. The van der Waals surface area contributed by atoms with E-state index in [1.165, 1.54) is 11.3 Å². The minimum Gasteiger partial charge on any atom is -0.508 e. The van der Waals surface area contributed by atoms with Crippen molar-refractivity contribution < 1.29 is 10.2 Å². The van der Waals surface area contributed by atoms with Crippen LogP contribution in [0.1, 0.15) is 16.5 Å². The van der Waals surface area contributed by atoms with Gasteiger partial charge in [-0.3, -0.25) is 0 Å². The lowest BCUT2D eigenvalue weighted by atomic mass is 10.1. The second-order valence-electron chi connectivity index (χ2n) is 3.56. The van der Waals surface area contributed by atoms with Gasteiger partial charge < -0.3 is 10.2 Å². The first-order valence-electron chi connectivity index (χ1n) is 4.85. The van der Waals surface area contributed by atoms with Crippen LogP contribution in [0.25, 0.3) is 0 Å². The van der Waals surface area contributed by atoms with Crippen molar-refractivity contribution in [2.75, 3.05) is 0 Å². The third kappa shape index (κ3) is 2.84. The fourth-order valence-corrected chi connectivity index (χ4v) is 2.94. The van der Waals surface area contributed by atoms with E-state index in [2.05, 4.69) is 15.9 Å². The summed E-state index contributed by atoms with van der Waals surface area (Å²) in [5.74, 6) is 0.233. The van der Waals surface area contributed by atoms with Gasteiger partial charge in [-0.25, -0.2) is 0 Å². The molecule has 4 heteroatoms. The Morgan fingerprint density at radius 2 is 2.12 bits per heavy atom. The Bertz CT molecular complexity index is 481. The van der Waals surface area contributed by atoms with E-state index in [1.807, 2.05) is 17.5 Å². The van der Waals surface area contributed by atoms with Crippen LogP contribution in [-0.2, 0) is 6.42 Å². The van der Waals surface area contributed by atoms with Crippen molar-refractivity contribution in [3.8, 4) is 5.75 Å². The Morgan fingerprint density at radius 1 is 1.31 bits per heavy atom. The smallest absolute Gasteiger partial charge is 0.115 e. The van der Waals surface area contributed by atoms with Crippen LogP contribution in [-0.4, -0.2) is 10.2 Å². The normalized spacial score (nSPS) is 12.6. The molecule has 0 spiro atoms. The van der Waals surface area contributed by atoms with Crippen molar-refractivity contribution in [2.24, 2.45) is 0 Å². The van der Waals surface area contributed by atoms with Gasteiger partial charge in [-0.1, -0.05) is 12.1 Å². The van der Waals surface area contributed by atoms with E-state index in [4.69, 9.17) is 0 Å². The highest BCUT2D eigenvalue weighted by atomic mass is 79.9. The summed E-state index contributed by atoms with van der Waals surface area (Å²) in [5.41, 5.74) is 0.928. The molecule has 2 N–H and O–H groups in total. The number of aliphatic hydroxyl groups excluding tert-OH is 1. The Hall–Kier alpha value is -0.840. The highest BCUT2D eigenvalue weighted by Gasteiger charge is 2.11. The van der Waals surface area contributed by atoms with Gasteiger partial charge in [0.2, 0.25) is 0 Å². The van der Waals surface area contributed by atoms with E-state index in [-0.39, 0.29) is 5.75 Å². The molecular formula is C12H11BrO2S. The van der Waals surface area contributed by atoms with Gasteiger partial charge in [-0.05, 0) is 39.7 Å². The van der Waals surface area contributed by atoms with E-state index in [0.29, 0.717) is 6.42 Å². The molecule has 16 heavy (non-hydrogen) atoms. The number of thiophene rings is 1. The zero-order valence-electron chi connectivity index (χ0n) is 8.43. The summed E-state index contributed by atoms with van der Waals surface area (Å²) in [7, 11) is 0. The highest BCUT2D eigenvalue weighted by Crippen LogP contribution is 2.28. The Kier molecular flexibility index (Phi) is 3.63. The first kappa shape index (κ1) is 11.6. The largest absolute Gasteiger partial charge is 0.508 e. The van der Waals surface area contributed by atoms with E-state index in [9.17, 15) is 10.2 Å². The minimum atomic E-state index is -0.516. The van der Waals surface area contributed by atoms with Crippen LogP contribution in [0.4, 0.5) is 0 Å². The molecule has 2 aromatic rings. The van der Waals surface area contributed by atoms with Crippen molar-refractivity contribution in [3.63, 3.8) is 0 Å². The zero-order chi connectivity index (χ0) is 11.5. The predicted molar refractivity (Wildman–Crippen MR) is 68.8 cm³/mol. The molecule has 0 aliphatic heterocycles. The summed E-state index contributed by atoms with van der Waals surface area (Å²) in [6, 6.07) is 8.88. The van der Waals surface area contributed by atoms with Crippen LogP contribution in [0, 0.1) is 0 Å². The van der Waals surface area contributed by atoms with Crippen molar-refractivity contribution >= 4 is 27.3 Å². The number of phenols is 1. The molecule has 1 aromatic heterocycles. The molecule has 1 heterocycles. The van der Waals surface area contributed by atoms with Gasteiger partial charge in [0.15, 0.2) is 0 Å². The molecule has 1 atom stereocenters. The van der Waals surface area contributed by atoms with Crippen molar-refractivity contribution in [1.29, 1.82) is 0 Å². The number of benzene rings is 1. The molecule has 0 saturated carbocycles. The molecule has 0 aliphatic rings. The predicted octanol–water partition coefficient (Wildman–Crippen LogP) is 3.49. The number of rotatable bonds is 3. The molecule has 0 fully saturated rings. The van der Waals surface area contributed by atoms with Crippen LogP contribution < -0.4 is 0 Å². The SMILES string of the molecule is Oc1cccc(CC(O)c2cc(Br)cs2)c1. The molecule has 2 nitrogen and oxygen atoms in total. The standard InChI is InChI=1S/C12H11BrO2S/c13-9-6-12(16-7-9)11(15)5-8-2-1-3-10(14)4-8/h1-4,6-7,11,14-15H,5H2. The lowest BCUT2D eigenvalue weighted by molar-refractivity contribution is 0.182. The van der Waals surface area contributed by atoms with Crippen LogP contribution in [0.3, 0.4) is 0 Å². The molecule has 0 saturated heterocycles. The molecule has 1 aromatic carbocycles. The van der Waals surface area contributed by atoms with Gasteiger partial charge in [-0.2, -0.15) is 0 Å². The summed E-state index contributed by atoms with van der Waals surface area (Å²) >= 11 is 4.88. The van der Waals surface area contributed by atoms with Gasteiger partial charge in [0, 0.05) is 21.2 Å². The first-order chi connectivity index (χ1) is 7.65. The van der Waals surface area contributed by atoms with Crippen LogP contribution >= 0.6 is 27.3 Å². The molecule has 2 rings (SSSR count). The van der Waals surface area contributed by atoms with E-state index in [0.717, 1.165) is 14.9 Å². The number of phenolic OH excluding ortho intramolecular Hbond substituents is 1. The summed E-state index contributed by atoms with van der Waals surface area (Å²) < 4.78 is 0.988. The molecule has 0 amide bonds. The number of hydrogen-bond donors (Lipinski definition) is 2. The zero-order valence-corrected chi connectivity index (χ0v) is 10.8. The van der Waals surface area contributed by atoms with E-state index < -0.39 is 6.10 Å². The summed E-state index contributed by atoms with van der Waals surface area (Å²) in [4.78, 5) is 0.926. The maximum atomic E-state index is 9.99. The second-order valence-corrected chi connectivity index (χ2v) is 5.42. The highest BCUT2D eigenvalue weighted by molar-refractivity contribution is 9.10. The van der Waals surface area contributed by atoms with Crippen molar-refractivity contribution in [1.82, 2.24) is 0 Å². The van der Waals surface area contributed by atoms with Crippen molar-refractivity contribution in [2.45, 2.75) is 12.5 Å². The third-order valence-electron chi connectivity index (χ3n) is 2.26. The van der Waals surface area contributed by atoms with E-state index in [1.54, 1.807) is 18.2 Å². The second kappa shape index (κ2) is 4.99. The molecular weight excluding hydrogens is 288 g/mol. The first-order valence-corrected chi connectivity index (χ1v) is 6.52. The minimum absolute atomic E-state index is 0.233. The maximum absolute atomic E-state index is 9.99. The lowest BCUT2D eigenvalue weighted by Gasteiger charge is -2.08. The van der Waals surface area contributed by atoms with E-state index >= 15 is 0 Å². The maximum Gasteiger partial charge on any atom is 0.115 e. The summed E-state index contributed by atoms with van der Waals surface area (Å²) in [5, 5.41) is 21.2.